The number of hydrogen-bond donors (Lipinski definition) is 1. The second-order valence-corrected chi connectivity index (χ2v) is 1.74. The first-order valence-electron chi connectivity index (χ1n) is 1.29. The van der Waals surface area contributed by atoms with Gasteiger partial charge >= 0.3 is 0 Å². The first-order chi connectivity index (χ1) is 2.27. The number of halogens is 2. The Hall–Kier alpha value is 0.660. The average molecular weight is 217 g/mol. The van der Waals surface area contributed by atoms with E-state index >= 15 is 0 Å². The van der Waals surface area contributed by atoms with E-state index in [9.17, 15) is 0 Å². The molecule has 0 saturated heterocycles. The Morgan fingerprint density at radius 2 is 2.00 bits per heavy atom. The van der Waals surface area contributed by atoms with Crippen molar-refractivity contribution in [2.45, 2.75) is 4.95 Å². The zero-order valence-electron chi connectivity index (χ0n) is 3.23. The minimum Gasteiger partial charge on any atom is -0.316 e. The molecular formula is C3H7Br2N. The Morgan fingerprint density at radius 3 is 2.00 bits per heavy atom. The summed E-state index contributed by atoms with van der Waals surface area (Å²) in [5, 5.41) is 0. The lowest BCUT2D eigenvalue weighted by Crippen LogP contribution is -2.04. The van der Waals surface area contributed by atoms with E-state index in [1.807, 2.05) is 0 Å². The van der Waals surface area contributed by atoms with Gasteiger partial charge in [0.25, 0.3) is 0 Å². The number of hydrogen-bond acceptors (Lipinski definition) is 1. The lowest BCUT2D eigenvalue weighted by atomic mass is 10.7. The maximum absolute atomic E-state index is 5.09. The molecule has 3 heteroatoms. The van der Waals surface area contributed by atoms with Crippen molar-refractivity contribution in [3.05, 3.63) is 12.7 Å². The topological polar surface area (TPSA) is 26.0 Å². The fraction of sp³-hybridized carbons (Fsp3) is 0.333. The van der Waals surface area contributed by atoms with Crippen LogP contribution in [0.3, 0.4) is 0 Å². The first-order valence-corrected chi connectivity index (χ1v) is 2.21. The average Bonchev–Trinajstić information content (AvgIpc) is 1.38. The van der Waals surface area contributed by atoms with E-state index < -0.39 is 0 Å². The summed E-state index contributed by atoms with van der Waals surface area (Å²) in [6.07, 6.45) is 1.61. The third kappa shape index (κ3) is 8.82. The summed E-state index contributed by atoms with van der Waals surface area (Å²) in [6.45, 7) is 3.39. The second-order valence-electron chi connectivity index (χ2n) is 0.680. The van der Waals surface area contributed by atoms with Gasteiger partial charge in [0.2, 0.25) is 0 Å². The fourth-order valence-corrected chi connectivity index (χ4v) is 0. The van der Waals surface area contributed by atoms with Gasteiger partial charge in [-0.05, 0) is 0 Å². The Kier molecular flexibility index (Phi) is 9.27. The predicted molar refractivity (Wildman–Crippen MR) is 37.4 cm³/mol. The van der Waals surface area contributed by atoms with Gasteiger partial charge in [0.1, 0.15) is 0 Å². The van der Waals surface area contributed by atoms with Gasteiger partial charge in [-0.15, -0.1) is 23.6 Å². The third-order valence-corrected chi connectivity index (χ3v) is 0.599. The molecular weight excluding hydrogens is 210 g/mol. The van der Waals surface area contributed by atoms with Crippen LogP contribution in [0.15, 0.2) is 12.7 Å². The van der Waals surface area contributed by atoms with E-state index in [4.69, 9.17) is 5.73 Å². The second kappa shape index (κ2) is 5.66. The summed E-state index contributed by atoms with van der Waals surface area (Å²) in [7, 11) is 0. The zero-order chi connectivity index (χ0) is 4.28. The molecule has 0 aliphatic rings. The summed E-state index contributed by atoms with van der Waals surface area (Å²) >= 11 is 3.03. The van der Waals surface area contributed by atoms with Crippen LogP contribution >= 0.6 is 32.9 Å². The molecule has 38 valence electrons. The number of rotatable bonds is 1. The van der Waals surface area contributed by atoms with Gasteiger partial charge in [0.15, 0.2) is 0 Å². The minimum absolute atomic E-state index is 0. The van der Waals surface area contributed by atoms with Crippen molar-refractivity contribution in [2.75, 3.05) is 0 Å². The third-order valence-electron chi connectivity index (χ3n) is 0.225. The molecule has 0 aromatic heterocycles. The van der Waals surface area contributed by atoms with Crippen LogP contribution in [0.5, 0.6) is 0 Å². The van der Waals surface area contributed by atoms with Gasteiger partial charge in [0, 0.05) is 0 Å². The lowest BCUT2D eigenvalue weighted by Gasteiger charge is -1.83. The van der Waals surface area contributed by atoms with E-state index in [2.05, 4.69) is 22.5 Å². The van der Waals surface area contributed by atoms with Crippen molar-refractivity contribution in [1.29, 1.82) is 0 Å². The van der Waals surface area contributed by atoms with Crippen LogP contribution in [0.1, 0.15) is 0 Å². The Bertz CT molecular complexity index is 35.8. The molecule has 0 saturated carbocycles. The van der Waals surface area contributed by atoms with Crippen molar-refractivity contribution >= 4 is 32.9 Å². The lowest BCUT2D eigenvalue weighted by molar-refractivity contribution is 1.19. The molecule has 0 aromatic rings. The molecule has 0 spiro atoms. The van der Waals surface area contributed by atoms with E-state index in [-0.39, 0.29) is 21.9 Å². The summed E-state index contributed by atoms with van der Waals surface area (Å²) < 4.78 is 0. The summed E-state index contributed by atoms with van der Waals surface area (Å²) in [5.74, 6) is 0. The molecule has 0 heterocycles. The van der Waals surface area contributed by atoms with Crippen molar-refractivity contribution in [1.82, 2.24) is 0 Å². The van der Waals surface area contributed by atoms with Crippen molar-refractivity contribution in [3.63, 3.8) is 0 Å². The molecule has 1 unspecified atom stereocenters. The predicted octanol–water partition coefficient (Wildman–Crippen LogP) is 1.43. The first kappa shape index (κ1) is 9.83. The molecule has 0 aliphatic carbocycles. The highest BCUT2D eigenvalue weighted by molar-refractivity contribution is 9.09. The molecule has 1 atom stereocenters. The van der Waals surface area contributed by atoms with Crippen LogP contribution in [0.2, 0.25) is 0 Å². The van der Waals surface area contributed by atoms with Gasteiger partial charge in [-0.2, -0.15) is 0 Å². The van der Waals surface area contributed by atoms with Crippen molar-refractivity contribution < 1.29 is 0 Å². The van der Waals surface area contributed by atoms with Gasteiger partial charge in [-0.1, -0.05) is 22.0 Å². The molecule has 0 rings (SSSR count). The monoisotopic (exact) mass is 215 g/mol. The van der Waals surface area contributed by atoms with Gasteiger partial charge in [-0.25, -0.2) is 0 Å². The Labute approximate surface area is 56.5 Å². The summed E-state index contributed by atoms with van der Waals surface area (Å²) in [6, 6.07) is 0. The largest absolute Gasteiger partial charge is 0.316 e. The molecule has 1 nitrogen and oxygen atoms in total. The van der Waals surface area contributed by atoms with Crippen LogP contribution in [-0.2, 0) is 0 Å². The van der Waals surface area contributed by atoms with E-state index in [1.165, 1.54) is 0 Å². The van der Waals surface area contributed by atoms with Crippen molar-refractivity contribution in [3.8, 4) is 0 Å². The maximum Gasteiger partial charge on any atom is 0.0788 e. The van der Waals surface area contributed by atoms with Crippen LogP contribution < -0.4 is 5.73 Å². The van der Waals surface area contributed by atoms with Gasteiger partial charge < -0.3 is 5.73 Å². The molecule has 2 N–H and O–H groups in total. The molecule has 0 radical (unpaired) electrons. The van der Waals surface area contributed by atoms with Crippen LogP contribution in [0.4, 0.5) is 0 Å². The zero-order valence-corrected chi connectivity index (χ0v) is 6.52. The minimum atomic E-state index is -0.0394. The smallest absolute Gasteiger partial charge is 0.0788 e. The Morgan fingerprint density at radius 1 is 1.83 bits per heavy atom. The van der Waals surface area contributed by atoms with E-state index in [1.54, 1.807) is 6.08 Å². The molecule has 0 aromatic carbocycles. The quantitative estimate of drug-likeness (QED) is 0.401. The normalized spacial score (nSPS) is 11.7. The van der Waals surface area contributed by atoms with Crippen LogP contribution in [0.25, 0.3) is 0 Å². The molecule has 0 bridgehead atoms. The van der Waals surface area contributed by atoms with E-state index in [0.29, 0.717) is 0 Å². The van der Waals surface area contributed by atoms with Gasteiger partial charge in [-0.3, -0.25) is 0 Å². The fourth-order valence-electron chi connectivity index (χ4n) is 0. The highest BCUT2D eigenvalue weighted by Crippen LogP contribution is 1.85. The highest BCUT2D eigenvalue weighted by atomic mass is 79.9. The van der Waals surface area contributed by atoms with Gasteiger partial charge in [0.05, 0.1) is 4.95 Å². The standard InChI is InChI=1S/C3H6BrN.BrH/c1-2-3(4)5;/h2-3H,1,5H2;1H. The van der Waals surface area contributed by atoms with Crippen molar-refractivity contribution in [2.24, 2.45) is 5.73 Å². The highest BCUT2D eigenvalue weighted by Gasteiger charge is 1.76. The maximum atomic E-state index is 5.09. The Balaban J connectivity index is 0. The van der Waals surface area contributed by atoms with Crippen LogP contribution in [0, 0.1) is 0 Å². The number of alkyl halides is 1. The molecule has 0 amide bonds. The molecule has 0 fully saturated rings. The number of nitrogens with two attached hydrogens (primary N) is 1. The molecule has 6 heavy (non-hydrogen) atoms. The SMILES string of the molecule is Br.C=CC(N)Br. The molecule has 0 aliphatic heterocycles. The van der Waals surface area contributed by atoms with Crippen LogP contribution in [-0.4, -0.2) is 4.95 Å². The summed E-state index contributed by atoms with van der Waals surface area (Å²) in [4.78, 5) is -0.0394. The van der Waals surface area contributed by atoms with E-state index in [0.717, 1.165) is 0 Å². The summed E-state index contributed by atoms with van der Waals surface area (Å²) in [5.41, 5.74) is 5.09.